The molecular formula is C23H15ClFNO3. The monoisotopic (exact) mass is 407 g/mol. The van der Waals surface area contributed by atoms with E-state index in [4.69, 9.17) is 11.6 Å². The maximum Gasteiger partial charge on any atom is 0.300 e. The van der Waals surface area contributed by atoms with Crippen molar-refractivity contribution in [2.45, 2.75) is 6.04 Å². The van der Waals surface area contributed by atoms with Gasteiger partial charge in [0, 0.05) is 21.8 Å². The summed E-state index contributed by atoms with van der Waals surface area (Å²) in [5, 5.41) is 11.3. The highest BCUT2D eigenvalue weighted by atomic mass is 35.5. The summed E-state index contributed by atoms with van der Waals surface area (Å²) in [6.07, 6.45) is 0. The molecule has 1 fully saturated rings. The van der Waals surface area contributed by atoms with Gasteiger partial charge in [0.1, 0.15) is 11.6 Å². The van der Waals surface area contributed by atoms with Crippen LogP contribution in [0.5, 0.6) is 0 Å². The molecule has 0 bridgehead atoms. The van der Waals surface area contributed by atoms with E-state index in [1.54, 1.807) is 54.6 Å². The Morgan fingerprint density at radius 3 is 2.31 bits per heavy atom. The van der Waals surface area contributed by atoms with Crippen LogP contribution in [0, 0.1) is 5.82 Å². The van der Waals surface area contributed by atoms with Gasteiger partial charge in [0.05, 0.1) is 11.6 Å². The van der Waals surface area contributed by atoms with Gasteiger partial charge in [-0.1, -0.05) is 60.1 Å². The molecule has 1 heterocycles. The molecule has 144 valence electrons. The first kappa shape index (κ1) is 18.9. The van der Waals surface area contributed by atoms with Crippen LogP contribution in [0.15, 0.2) is 84.4 Å². The van der Waals surface area contributed by atoms with Crippen molar-refractivity contribution in [2.24, 2.45) is 0 Å². The summed E-state index contributed by atoms with van der Waals surface area (Å²) in [7, 11) is 0. The highest BCUT2D eigenvalue weighted by molar-refractivity contribution is 6.51. The molecule has 6 heteroatoms. The number of para-hydroxylation sites is 1. The molecule has 1 aliphatic heterocycles. The molecule has 0 saturated carbocycles. The first-order valence-electron chi connectivity index (χ1n) is 8.85. The van der Waals surface area contributed by atoms with E-state index in [0.717, 1.165) is 0 Å². The van der Waals surface area contributed by atoms with Gasteiger partial charge in [-0.15, -0.1) is 0 Å². The zero-order chi connectivity index (χ0) is 20.5. The average Bonchev–Trinajstić information content (AvgIpc) is 2.99. The smallest absolute Gasteiger partial charge is 0.300 e. The number of hydrogen-bond donors (Lipinski definition) is 1. The molecule has 4 nitrogen and oxygen atoms in total. The summed E-state index contributed by atoms with van der Waals surface area (Å²) in [6.45, 7) is 0. The number of nitrogens with zero attached hydrogens (tertiary/aromatic N) is 1. The van der Waals surface area contributed by atoms with Gasteiger partial charge in [0.2, 0.25) is 0 Å². The minimum atomic E-state index is -1.11. The maximum atomic E-state index is 14.7. The number of benzene rings is 3. The van der Waals surface area contributed by atoms with E-state index in [0.29, 0.717) is 10.7 Å². The zero-order valence-electron chi connectivity index (χ0n) is 15.0. The lowest BCUT2D eigenvalue weighted by Crippen LogP contribution is -2.29. The molecule has 1 atom stereocenters. The Morgan fingerprint density at radius 1 is 0.931 bits per heavy atom. The Bertz CT molecular complexity index is 1140. The van der Waals surface area contributed by atoms with Crippen molar-refractivity contribution in [2.75, 3.05) is 4.90 Å². The number of carbonyl (C=O) groups is 2. The van der Waals surface area contributed by atoms with E-state index < -0.39 is 29.3 Å². The Balaban J connectivity index is 1.99. The zero-order valence-corrected chi connectivity index (χ0v) is 15.8. The van der Waals surface area contributed by atoms with Crippen molar-refractivity contribution in [1.29, 1.82) is 0 Å². The minimum Gasteiger partial charge on any atom is -0.507 e. The van der Waals surface area contributed by atoms with E-state index in [9.17, 15) is 19.1 Å². The molecule has 0 spiro atoms. The lowest BCUT2D eigenvalue weighted by Gasteiger charge is -2.25. The van der Waals surface area contributed by atoms with Crippen molar-refractivity contribution in [3.05, 3.63) is 106 Å². The number of aliphatic hydroxyl groups is 1. The van der Waals surface area contributed by atoms with Gasteiger partial charge in [-0.3, -0.25) is 14.5 Å². The lowest BCUT2D eigenvalue weighted by molar-refractivity contribution is -0.132. The van der Waals surface area contributed by atoms with Crippen LogP contribution in [0.3, 0.4) is 0 Å². The third kappa shape index (κ3) is 3.30. The molecular weight excluding hydrogens is 393 g/mol. The fourth-order valence-electron chi connectivity index (χ4n) is 3.47. The van der Waals surface area contributed by atoms with Crippen molar-refractivity contribution in [3.8, 4) is 0 Å². The standard InChI is InChI=1S/C23H15ClFNO3/c24-15-8-6-7-14(13-15)21(27)19-20(17-11-4-5-12-18(17)25)26(23(29)22(19)28)16-9-2-1-3-10-16/h1-13,20,27H/b21-19-. The number of rotatable bonds is 3. The molecule has 3 aromatic rings. The predicted molar refractivity (Wildman–Crippen MR) is 109 cm³/mol. The van der Waals surface area contributed by atoms with Gasteiger partial charge in [0.25, 0.3) is 11.7 Å². The van der Waals surface area contributed by atoms with Crippen molar-refractivity contribution in [3.63, 3.8) is 0 Å². The molecule has 29 heavy (non-hydrogen) atoms. The second kappa shape index (κ2) is 7.53. The number of Topliss-reactive ketones (excluding diaryl/α,β-unsaturated/α-hetero) is 1. The van der Waals surface area contributed by atoms with Gasteiger partial charge >= 0.3 is 0 Å². The molecule has 4 rings (SSSR count). The molecule has 1 aliphatic rings. The summed E-state index contributed by atoms with van der Waals surface area (Å²) in [6, 6.07) is 19.5. The van der Waals surface area contributed by atoms with Crippen LogP contribution >= 0.6 is 11.6 Å². The van der Waals surface area contributed by atoms with Gasteiger partial charge in [-0.2, -0.15) is 0 Å². The van der Waals surface area contributed by atoms with Crippen molar-refractivity contribution in [1.82, 2.24) is 0 Å². The predicted octanol–water partition coefficient (Wildman–Crippen LogP) is 5.11. The van der Waals surface area contributed by atoms with Gasteiger partial charge < -0.3 is 5.11 Å². The van der Waals surface area contributed by atoms with E-state index >= 15 is 0 Å². The molecule has 1 saturated heterocycles. The first-order valence-corrected chi connectivity index (χ1v) is 9.23. The molecule has 0 radical (unpaired) electrons. The van der Waals surface area contributed by atoms with E-state index in [1.807, 2.05) is 0 Å². The molecule has 0 aromatic heterocycles. The summed E-state index contributed by atoms with van der Waals surface area (Å²) >= 11 is 6.01. The van der Waals surface area contributed by atoms with Crippen LogP contribution < -0.4 is 4.90 Å². The normalized spacial score (nSPS) is 18.3. The van der Waals surface area contributed by atoms with Crippen LogP contribution in [-0.2, 0) is 9.59 Å². The summed E-state index contributed by atoms with van der Waals surface area (Å²) in [5.74, 6) is -2.72. The van der Waals surface area contributed by atoms with E-state index in [-0.39, 0.29) is 16.7 Å². The number of hydrogen-bond acceptors (Lipinski definition) is 3. The van der Waals surface area contributed by atoms with Gasteiger partial charge in [-0.25, -0.2) is 4.39 Å². The van der Waals surface area contributed by atoms with Crippen molar-refractivity contribution >= 4 is 34.7 Å². The quantitative estimate of drug-likeness (QED) is 0.373. The first-order chi connectivity index (χ1) is 14.0. The summed E-state index contributed by atoms with van der Waals surface area (Å²) in [5.41, 5.74) is 0.614. The van der Waals surface area contributed by atoms with Crippen LogP contribution in [0.1, 0.15) is 17.2 Å². The number of amides is 1. The Kier molecular flexibility index (Phi) is 4.91. The molecule has 1 unspecified atom stereocenters. The fraction of sp³-hybridized carbons (Fsp3) is 0.0435. The molecule has 1 amide bonds. The van der Waals surface area contributed by atoms with Gasteiger partial charge in [0.15, 0.2) is 0 Å². The summed E-state index contributed by atoms with van der Waals surface area (Å²) in [4.78, 5) is 27.0. The molecule has 1 N–H and O–H groups in total. The number of halogens is 2. The van der Waals surface area contributed by atoms with E-state index in [2.05, 4.69) is 0 Å². The highest BCUT2D eigenvalue weighted by Gasteiger charge is 2.47. The third-order valence-electron chi connectivity index (χ3n) is 4.78. The largest absolute Gasteiger partial charge is 0.507 e. The van der Waals surface area contributed by atoms with Crippen LogP contribution in [0.4, 0.5) is 10.1 Å². The molecule has 0 aliphatic carbocycles. The number of aliphatic hydroxyl groups excluding tert-OH is 1. The number of ketones is 1. The molecule has 3 aromatic carbocycles. The van der Waals surface area contributed by atoms with Crippen LogP contribution in [0.2, 0.25) is 5.02 Å². The third-order valence-corrected chi connectivity index (χ3v) is 5.01. The topological polar surface area (TPSA) is 57.6 Å². The van der Waals surface area contributed by atoms with Crippen LogP contribution in [-0.4, -0.2) is 16.8 Å². The number of anilines is 1. The number of carbonyl (C=O) groups excluding carboxylic acids is 2. The fourth-order valence-corrected chi connectivity index (χ4v) is 3.66. The van der Waals surface area contributed by atoms with E-state index in [1.165, 1.54) is 29.2 Å². The second-order valence-corrected chi connectivity index (χ2v) is 6.97. The SMILES string of the molecule is O=C1C(=O)N(c2ccccc2)C(c2ccccc2F)/C1=C(/O)c1cccc(Cl)c1. The summed E-state index contributed by atoms with van der Waals surface area (Å²) < 4.78 is 14.7. The average molecular weight is 408 g/mol. The van der Waals surface area contributed by atoms with Gasteiger partial charge in [-0.05, 0) is 30.3 Å². The maximum absolute atomic E-state index is 14.7. The second-order valence-electron chi connectivity index (χ2n) is 6.54. The Labute approximate surface area is 171 Å². The highest BCUT2D eigenvalue weighted by Crippen LogP contribution is 2.42. The Hall–Kier alpha value is -3.44. The minimum absolute atomic E-state index is 0.110. The Morgan fingerprint density at radius 2 is 1.62 bits per heavy atom. The lowest BCUT2D eigenvalue weighted by atomic mass is 9.94. The van der Waals surface area contributed by atoms with Crippen molar-refractivity contribution < 1.29 is 19.1 Å². The van der Waals surface area contributed by atoms with Crippen LogP contribution in [0.25, 0.3) is 5.76 Å².